The average molecular weight is 524 g/mol. The molecule has 0 radical (unpaired) electrons. The van der Waals surface area contributed by atoms with Gasteiger partial charge in [-0.2, -0.15) is 0 Å². The molecule has 0 fully saturated rings. The summed E-state index contributed by atoms with van der Waals surface area (Å²) in [6.07, 6.45) is -0.440. The molecule has 0 saturated carbocycles. The number of rotatable bonds is 9. The second kappa shape index (κ2) is 10.9. The Bertz CT molecular complexity index is 1240. The van der Waals surface area contributed by atoms with Crippen molar-refractivity contribution in [3.8, 4) is 5.75 Å². The number of thiophene rings is 1. The highest BCUT2D eigenvalue weighted by atomic mass is 35.5. The summed E-state index contributed by atoms with van der Waals surface area (Å²) in [6, 6.07) is 7.11. The number of methoxy groups -OCH3 is 1. The molecule has 0 saturated heterocycles. The number of nitrogens with zero attached hydrogens (tertiary/aromatic N) is 3. The lowest BCUT2D eigenvalue weighted by atomic mass is 10.1. The molecule has 0 aliphatic heterocycles. The number of aromatic nitrogens is 3. The minimum atomic E-state index is -0.692. The second-order valence-corrected chi connectivity index (χ2v) is 9.41. The van der Waals surface area contributed by atoms with Crippen molar-refractivity contribution in [2.24, 2.45) is 12.8 Å². The molecule has 0 spiro atoms. The normalized spacial score (nSPS) is 11.7. The van der Waals surface area contributed by atoms with Gasteiger partial charge in [-0.05, 0) is 31.5 Å². The molecular formula is C21H22ClN5O5S2. The van der Waals surface area contributed by atoms with Crippen molar-refractivity contribution >= 4 is 57.5 Å². The van der Waals surface area contributed by atoms with Crippen molar-refractivity contribution in [2.75, 3.05) is 18.2 Å². The number of ether oxygens (including phenoxy) is 2. The summed E-state index contributed by atoms with van der Waals surface area (Å²) in [5.41, 5.74) is 5.83. The number of nitrogens with one attached hydrogen (secondary N) is 1. The SMILES string of the molecule is COC(=O)c1c(NC(=O)CSc2nnc(C(C)Oc3ccccc3Cl)n2C)sc(C(N)=O)c1C. The van der Waals surface area contributed by atoms with Crippen molar-refractivity contribution in [1.82, 2.24) is 14.8 Å². The van der Waals surface area contributed by atoms with E-state index in [0.29, 0.717) is 27.3 Å². The standard InChI is InChI=1S/C21H22ClN5O5S2/c1-10-15(20(30)31-4)19(34-16(10)17(23)29)24-14(28)9-33-21-26-25-18(27(21)3)11(2)32-13-8-6-5-7-12(13)22/h5-8,11H,9H2,1-4H3,(H2,23,29)(H,24,28). The van der Waals surface area contributed by atoms with E-state index in [-0.39, 0.29) is 21.2 Å². The summed E-state index contributed by atoms with van der Waals surface area (Å²) in [6.45, 7) is 3.39. The Morgan fingerprint density at radius 1 is 1.29 bits per heavy atom. The number of hydrogen-bond donors (Lipinski definition) is 2. The number of carbonyl (C=O) groups excluding carboxylic acids is 3. The molecule has 3 aromatic rings. The number of esters is 1. The summed E-state index contributed by atoms with van der Waals surface area (Å²) < 4.78 is 12.4. The largest absolute Gasteiger partial charge is 0.481 e. The molecule has 3 N–H and O–H groups in total. The minimum absolute atomic E-state index is 0.0187. The molecule has 1 aromatic carbocycles. The molecule has 2 heterocycles. The molecule has 10 nitrogen and oxygen atoms in total. The number of anilines is 1. The van der Waals surface area contributed by atoms with Gasteiger partial charge in [0.05, 0.1) is 28.3 Å². The Kier molecular flexibility index (Phi) is 8.18. The van der Waals surface area contributed by atoms with E-state index in [1.54, 1.807) is 30.7 Å². The van der Waals surface area contributed by atoms with Crippen LogP contribution in [0.4, 0.5) is 5.00 Å². The molecule has 13 heteroatoms. The van der Waals surface area contributed by atoms with Crippen LogP contribution in [0.5, 0.6) is 5.75 Å². The van der Waals surface area contributed by atoms with Gasteiger partial charge in [0.2, 0.25) is 5.91 Å². The quantitative estimate of drug-likeness (QED) is 0.320. The first-order chi connectivity index (χ1) is 16.1. The van der Waals surface area contributed by atoms with Gasteiger partial charge in [-0.1, -0.05) is 35.5 Å². The van der Waals surface area contributed by atoms with Crippen LogP contribution in [0.15, 0.2) is 29.4 Å². The first-order valence-corrected chi connectivity index (χ1v) is 12.1. The Labute approximate surface area is 208 Å². The van der Waals surface area contributed by atoms with Gasteiger partial charge in [0, 0.05) is 7.05 Å². The molecule has 0 aliphatic carbocycles. The number of thioether (sulfide) groups is 1. The first kappa shape index (κ1) is 25.5. The van der Waals surface area contributed by atoms with Crippen LogP contribution in [0.3, 0.4) is 0 Å². The van der Waals surface area contributed by atoms with Gasteiger partial charge in [0.1, 0.15) is 10.8 Å². The maximum atomic E-state index is 12.6. The van der Waals surface area contributed by atoms with Crippen LogP contribution in [0.25, 0.3) is 0 Å². The van der Waals surface area contributed by atoms with Crippen molar-refractivity contribution in [3.63, 3.8) is 0 Å². The van der Waals surface area contributed by atoms with Gasteiger partial charge in [0.25, 0.3) is 5.91 Å². The van der Waals surface area contributed by atoms with Crippen molar-refractivity contribution < 1.29 is 23.9 Å². The smallest absolute Gasteiger partial charge is 0.341 e. The molecule has 2 amide bonds. The lowest BCUT2D eigenvalue weighted by molar-refractivity contribution is -0.113. The molecule has 2 aromatic heterocycles. The molecule has 0 bridgehead atoms. The Morgan fingerprint density at radius 3 is 2.65 bits per heavy atom. The molecule has 34 heavy (non-hydrogen) atoms. The summed E-state index contributed by atoms with van der Waals surface area (Å²) in [4.78, 5) is 36.6. The van der Waals surface area contributed by atoms with E-state index in [9.17, 15) is 14.4 Å². The summed E-state index contributed by atoms with van der Waals surface area (Å²) in [5.74, 6) is -0.712. The molecule has 1 atom stereocenters. The number of hydrogen-bond acceptors (Lipinski definition) is 9. The number of carbonyl (C=O) groups is 3. The van der Waals surface area contributed by atoms with Gasteiger partial charge < -0.3 is 25.1 Å². The number of benzene rings is 1. The van der Waals surface area contributed by atoms with Gasteiger partial charge in [-0.3, -0.25) is 9.59 Å². The predicted octanol–water partition coefficient (Wildman–Crippen LogP) is 3.59. The Morgan fingerprint density at radius 2 is 2.00 bits per heavy atom. The second-order valence-electron chi connectivity index (χ2n) is 7.04. The highest BCUT2D eigenvalue weighted by Crippen LogP contribution is 2.34. The molecule has 3 rings (SSSR count). The molecule has 1 unspecified atom stereocenters. The van der Waals surface area contributed by atoms with E-state index >= 15 is 0 Å². The topological polar surface area (TPSA) is 138 Å². The van der Waals surface area contributed by atoms with Gasteiger partial charge in [0.15, 0.2) is 17.1 Å². The number of para-hydroxylation sites is 1. The van der Waals surface area contributed by atoms with Crippen LogP contribution in [0.1, 0.15) is 44.4 Å². The zero-order chi connectivity index (χ0) is 25.0. The van der Waals surface area contributed by atoms with E-state index in [2.05, 4.69) is 15.5 Å². The van der Waals surface area contributed by atoms with Crippen LogP contribution < -0.4 is 15.8 Å². The summed E-state index contributed by atoms with van der Waals surface area (Å²) in [5, 5.41) is 12.1. The lowest BCUT2D eigenvalue weighted by Crippen LogP contribution is -2.16. The Balaban J connectivity index is 1.68. The van der Waals surface area contributed by atoms with E-state index < -0.39 is 23.9 Å². The Hall–Kier alpha value is -3.09. The van der Waals surface area contributed by atoms with Gasteiger partial charge >= 0.3 is 5.97 Å². The van der Waals surface area contributed by atoms with E-state index in [1.807, 2.05) is 19.1 Å². The highest BCUT2D eigenvalue weighted by Gasteiger charge is 2.26. The number of amides is 2. The maximum Gasteiger partial charge on any atom is 0.341 e. The first-order valence-electron chi connectivity index (χ1n) is 9.88. The summed E-state index contributed by atoms with van der Waals surface area (Å²) in [7, 11) is 2.98. The fraction of sp³-hybridized carbons (Fsp3) is 0.286. The fourth-order valence-corrected chi connectivity index (χ4v) is 5.03. The number of primary amides is 1. The van der Waals surface area contributed by atoms with Crippen molar-refractivity contribution in [1.29, 1.82) is 0 Å². The van der Waals surface area contributed by atoms with E-state index in [4.69, 9.17) is 26.8 Å². The molecular weight excluding hydrogens is 502 g/mol. The third-order valence-electron chi connectivity index (χ3n) is 4.72. The van der Waals surface area contributed by atoms with Crippen LogP contribution in [0, 0.1) is 6.92 Å². The third-order valence-corrected chi connectivity index (χ3v) is 7.27. The predicted molar refractivity (Wildman–Crippen MR) is 130 cm³/mol. The van der Waals surface area contributed by atoms with Crippen molar-refractivity contribution in [3.05, 3.63) is 51.1 Å². The maximum absolute atomic E-state index is 12.6. The van der Waals surface area contributed by atoms with E-state index in [1.165, 1.54) is 7.11 Å². The van der Waals surface area contributed by atoms with Crippen LogP contribution >= 0.6 is 34.7 Å². The molecule has 180 valence electrons. The monoisotopic (exact) mass is 523 g/mol. The highest BCUT2D eigenvalue weighted by molar-refractivity contribution is 7.99. The lowest BCUT2D eigenvalue weighted by Gasteiger charge is -2.15. The fourth-order valence-electron chi connectivity index (χ4n) is 3.07. The molecule has 0 aliphatic rings. The zero-order valence-electron chi connectivity index (χ0n) is 18.7. The third kappa shape index (κ3) is 5.51. The van der Waals surface area contributed by atoms with E-state index in [0.717, 1.165) is 23.1 Å². The van der Waals surface area contributed by atoms with Crippen LogP contribution in [-0.2, 0) is 16.6 Å². The van der Waals surface area contributed by atoms with Crippen LogP contribution in [0.2, 0.25) is 5.02 Å². The zero-order valence-corrected chi connectivity index (χ0v) is 21.1. The summed E-state index contributed by atoms with van der Waals surface area (Å²) >= 11 is 8.23. The number of nitrogens with two attached hydrogens (primary N) is 1. The van der Waals surface area contributed by atoms with Crippen LogP contribution in [-0.4, -0.2) is 45.4 Å². The van der Waals surface area contributed by atoms with Crippen molar-refractivity contribution in [2.45, 2.75) is 25.1 Å². The minimum Gasteiger partial charge on any atom is -0.481 e. The number of halogens is 1. The van der Waals surface area contributed by atoms with Gasteiger partial charge in [-0.25, -0.2) is 4.79 Å². The van der Waals surface area contributed by atoms with Gasteiger partial charge in [-0.15, -0.1) is 21.5 Å². The average Bonchev–Trinajstić information content (AvgIpc) is 3.32.